The van der Waals surface area contributed by atoms with E-state index in [2.05, 4.69) is 36.7 Å². The first-order valence-electron chi connectivity index (χ1n) is 10.4. The van der Waals surface area contributed by atoms with Crippen molar-refractivity contribution in [1.82, 2.24) is 9.55 Å². The first-order chi connectivity index (χ1) is 14.6. The van der Waals surface area contributed by atoms with E-state index in [-0.39, 0.29) is 11.5 Å². The molecule has 0 spiro atoms. The Morgan fingerprint density at radius 1 is 1.13 bits per heavy atom. The first-order valence-corrected chi connectivity index (χ1v) is 10.4. The highest BCUT2D eigenvalue weighted by atomic mass is 19.4. The standard InChI is InChI=1S/C24H25F3N4/c1-15-10-19(13-23(2,3)12-15)31-21-9-4-16(14-28)11-20(21)30-22(31)29-18-7-5-17(6-8-18)24(25,26)27/h4-9,11,15,19H,10,12-13H2,1-3H3,(H,29,30)/t15-,19?/m0/s1. The minimum absolute atomic E-state index is 0.178. The molecule has 1 fully saturated rings. The van der Waals surface area contributed by atoms with E-state index in [0.29, 0.717) is 28.6 Å². The maximum absolute atomic E-state index is 12.9. The molecule has 1 heterocycles. The van der Waals surface area contributed by atoms with Crippen LogP contribution in [0, 0.1) is 22.7 Å². The Morgan fingerprint density at radius 3 is 2.45 bits per heavy atom. The molecule has 1 aliphatic rings. The fourth-order valence-corrected chi connectivity index (χ4v) is 4.99. The fourth-order valence-electron chi connectivity index (χ4n) is 4.99. The van der Waals surface area contributed by atoms with Crippen LogP contribution in [0.1, 0.15) is 57.2 Å². The SMILES string of the molecule is C[C@H]1CC(n2c(Nc3ccc(C(F)(F)F)cc3)nc3cc(C#N)ccc32)CC(C)(C)C1. The van der Waals surface area contributed by atoms with Gasteiger partial charge in [-0.25, -0.2) is 4.98 Å². The summed E-state index contributed by atoms with van der Waals surface area (Å²) in [6.07, 6.45) is -1.25. The number of rotatable bonds is 3. The van der Waals surface area contributed by atoms with Gasteiger partial charge in [0.2, 0.25) is 5.95 Å². The van der Waals surface area contributed by atoms with E-state index in [4.69, 9.17) is 4.98 Å². The number of hydrogen-bond acceptors (Lipinski definition) is 3. The lowest BCUT2D eigenvalue weighted by atomic mass is 9.70. The molecule has 1 N–H and O–H groups in total. The molecule has 0 radical (unpaired) electrons. The van der Waals surface area contributed by atoms with E-state index in [0.717, 1.165) is 36.9 Å². The molecule has 1 unspecified atom stereocenters. The maximum atomic E-state index is 12.9. The summed E-state index contributed by atoms with van der Waals surface area (Å²) in [5, 5.41) is 12.5. The minimum atomic E-state index is -4.37. The molecule has 162 valence electrons. The lowest BCUT2D eigenvalue weighted by Crippen LogP contribution is -2.29. The van der Waals surface area contributed by atoms with Crippen LogP contribution in [0.2, 0.25) is 0 Å². The predicted molar refractivity (Wildman–Crippen MR) is 115 cm³/mol. The smallest absolute Gasteiger partial charge is 0.326 e. The zero-order valence-corrected chi connectivity index (χ0v) is 17.8. The van der Waals surface area contributed by atoms with Crippen molar-refractivity contribution in [3.8, 4) is 6.07 Å². The maximum Gasteiger partial charge on any atom is 0.416 e. The van der Waals surface area contributed by atoms with Gasteiger partial charge in [-0.2, -0.15) is 18.4 Å². The van der Waals surface area contributed by atoms with E-state index < -0.39 is 11.7 Å². The van der Waals surface area contributed by atoms with Crippen LogP contribution >= 0.6 is 0 Å². The van der Waals surface area contributed by atoms with E-state index in [1.54, 1.807) is 12.1 Å². The summed E-state index contributed by atoms with van der Waals surface area (Å²) in [7, 11) is 0. The van der Waals surface area contributed by atoms with Crippen molar-refractivity contribution < 1.29 is 13.2 Å². The summed E-state index contributed by atoms with van der Waals surface area (Å²) in [5.41, 5.74) is 2.17. The largest absolute Gasteiger partial charge is 0.416 e. The second kappa shape index (κ2) is 7.60. The Labute approximate surface area is 179 Å². The van der Waals surface area contributed by atoms with Crippen LogP contribution in [0.3, 0.4) is 0 Å². The summed E-state index contributed by atoms with van der Waals surface area (Å²) in [6.45, 7) is 6.79. The summed E-state index contributed by atoms with van der Waals surface area (Å²) < 4.78 is 40.9. The van der Waals surface area contributed by atoms with Gasteiger partial charge in [0.05, 0.1) is 28.2 Å². The van der Waals surface area contributed by atoms with Crippen LogP contribution in [-0.4, -0.2) is 9.55 Å². The molecule has 1 aliphatic carbocycles. The van der Waals surface area contributed by atoms with E-state index in [1.807, 2.05) is 6.07 Å². The number of benzene rings is 2. The first kappa shape index (κ1) is 21.2. The Morgan fingerprint density at radius 2 is 1.84 bits per heavy atom. The topological polar surface area (TPSA) is 53.6 Å². The van der Waals surface area contributed by atoms with Gasteiger partial charge >= 0.3 is 6.18 Å². The third-order valence-electron chi connectivity index (χ3n) is 6.02. The normalized spacial score (nSPS) is 21.1. The van der Waals surface area contributed by atoms with Gasteiger partial charge in [-0.05, 0) is 73.1 Å². The Kier molecular flexibility index (Phi) is 5.20. The molecule has 3 aromatic rings. The number of halogens is 3. The lowest BCUT2D eigenvalue weighted by molar-refractivity contribution is -0.137. The van der Waals surface area contributed by atoms with Crippen molar-refractivity contribution in [2.45, 2.75) is 52.3 Å². The molecular formula is C24H25F3N4. The number of nitrogens with zero attached hydrogens (tertiary/aromatic N) is 3. The van der Waals surface area contributed by atoms with Crippen LogP contribution in [0.4, 0.5) is 24.8 Å². The van der Waals surface area contributed by atoms with Gasteiger partial charge < -0.3 is 9.88 Å². The van der Waals surface area contributed by atoms with Crippen LogP contribution in [0.5, 0.6) is 0 Å². The summed E-state index contributed by atoms with van der Waals surface area (Å²) in [6, 6.07) is 12.7. The Hall–Kier alpha value is -3.01. The highest BCUT2D eigenvalue weighted by molar-refractivity contribution is 5.81. The Balaban J connectivity index is 1.77. The average molecular weight is 426 g/mol. The number of imidazole rings is 1. The van der Waals surface area contributed by atoms with Crippen molar-refractivity contribution in [2.24, 2.45) is 11.3 Å². The van der Waals surface area contributed by atoms with Crippen molar-refractivity contribution in [3.05, 3.63) is 53.6 Å². The van der Waals surface area contributed by atoms with Crippen LogP contribution in [0.25, 0.3) is 11.0 Å². The Bertz CT molecular complexity index is 1140. The van der Waals surface area contributed by atoms with Crippen LogP contribution < -0.4 is 5.32 Å². The molecular weight excluding hydrogens is 401 g/mol. The van der Waals surface area contributed by atoms with Gasteiger partial charge in [0.25, 0.3) is 0 Å². The second-order valence-corrected chi connectivity index (χ2v) is 9.39. The van der Waals surface area contributed by atoms with Gasteiger partial charge in [-0.3, -0.25) is 0 Å². The van der Waals surface area contributed by atoms with Crippen molar-refractivity contribution >= 4 is 22.7 Å². The van der Waals surface area contributed by atoms with Crippen molar-refractivity contribution in [1.29, 1.82) is 5.26 Å². The fraction of sp³-hybridized carbons (Fsp3) is 0.417. The minimum Gasteiger partial charge on any atom is -0.326 e. The molecule has 2 aromatic carbocycles. The second-order valence-electron chi connectivity index (χ2n) is 9.39. The number of hydrogen-bond donors (Lipinski definition) is 1. The predicted octanol–water partition coefficient (Wildman–Crippen LogP) is 7.06. The lowest BCUT2D eigenvalue weighted by Gasteiger charge is -2.40. The van der Waals surface area contributed by atoms with Gasteiger partial charge in [0, 0.05) is 11.7 Å². The number of nitrogens with one attached hydrogen (secondary N) is 1. The summed E-state index contributed by atoms with van der Waals surface area (Å²) >= 11 is 0. The molecule has 2 atom stereocenters. The van der Waals surface area contributed by atoms with Crippen LogP contribution in [0.15, 0.2) is 42.5 Å². The number of alkyl halides is 3. The monoisotopic (exact) mass is 426 g/mol. The zero-order valence-electron chi connectivity index (χ0n) is 17.8. The van der Waals surface area contributed by atoms with E-state index in [1.165, 1.54) is 12.1 Å². The molecule has 0 saturated heterocycles. The molecule has 1 saturated carbocycles. The van der Waals surface area contributed by atoms with E-state index in [9.17, 15) is 18.4 Å². The molecule has 1 aromatic heterocycles. The number of aromatic nitrogens is 2. The van der Waals surface area contributed by atoms with Gasteiger partial charge in [-0.1, -0.05) is 20.8 Å². The van der Waals surface area contributed by atoms with Crippen molar-refractivity contribution in [3.63, 3.8) is 0 Å². The number of nitriles is 1. The molecule has 0 bridgehead atoms. The third-order valence-corrected chi connectivity index (χ3v) is 6.02. The van der Waals surface area contributed by atoms with Gasteiger partial charge in [-0.15, -0.1) is 0 Å². The number of fused-ring (bicyclic) bond motifs is 1. The molecule has 31 heavy (non-hydrogen) atoms. The van der Waals surface area contributed by atoms with Crippen LogP contribution in [-0.2, 0) is 6.18 Å². The average Bonchev–Trinajstić information content (AvgIpc) is 3.02. The van der Waals surface area contributed by atoms with Crippen molar-refractivity contribution in [2.75, 3.05) is 5.32 Å². The quantitative estimate of drug-likeness (QED) is 0.488. The van der Waals surface area contributed by atoms with Gasteiger partial charge in [0.15, 0.2) is 0 Å². The molecule has 7 heteroatoms. The molecule has 0 amide bonds. The molecule has 0 aliphatic heterocycles. The van der Waals surface area contributed by atoms with Gasteiger partial charge in [0.1, 0.15) is 0 Å². The highest BCUT2D eigenvalue weighted by Gasteiger charge is 2.35. The number of anilines is 2. The highest BCUT2D eigenvalue weighted by Crippen LogP contribution is 2.46. The molecule has 4 nitrogen and oxygen atoms in total. The molecule has 4 rings (SSSR count). The van der Waals surface area contributed by atoms with E-state index >= 15 is 0 Å². The summed E-state index contributed by atoms with van der Waals surface area (Å²) in [5.74, 6) is 1.13. The zero-order chi connectivity index (χ0) is 22.4. The third kappa shape index (κ3) is 4.39. The summed E-state index contributed by atoms with van der Waals surface area (Å²) in [4.78, 5) is 4.71.